The highest BCUT2D eigenvalue weighted by Crippen LogP contribution is 2.19. The van der Waals surface area contributed by atoms with E-state index in [0.717, 1.165) is 63.8 Å². The molecule has 1 aromatic heterocycles. The van der Waals surface area contributed by atoms with Crippen molar-refractivity contribution in [1.29, 1.82) is 0 Å². The summed E-state index contributed by atoms with van der Waals surface area (Å²) in [4.78, 5) is 23.2. The lowest BCUT2D eigenvalue weighted by molar-refractivity contribution is 0.132. The van der Waals surface area contributed by atoms with Gasteiger partial charge in [0, 0.05) is 45.5 Å². The highest BCUT2D eigenvalue weighted by molar-refractivity contribution is 5.75. The second-order valence-electron chi connectivity index (χ2n) is 6.11. The molecule has 0 N–H and O–H groups in total. The highest BCUT2D eigenvalue weighted by Gasteiger charge is 2.27. The van der Waals surface area contributed by atoms with Crippen LogP contribution in [0.5, 0.6) is 0 Å². The molecule has 3 heterocycles. The molecule has 2 fully saturated rings. The summed E-state index contributed by atoms with van der Waals surface area (Å²) >= 11 is 0. The van der Waals surface area contributed by atoms with E-state index in [1.165, 1.54) is 0 Å². The van der Waals surface area contributed by atoms with Crippen molar-refractivity contribution in [2.45, 2.75) is 19.8 Å². The molecule has 5 heteroatoms. The molecule has 0 bridgehead atoms. The number of pyridine rings is 1. The third-order valence-corrected chi connectivity index (χ3v) is 4.58. The molecule has 21 heavy (non-hydrogen) atoms. The van der Waals surface area contributed by atoms with Crippen LogP contribution in [0.3, 0.4) is 0 Å². The number of amides is 2. The molecule has 0 saturated carbocycles. The van der Waals surface area contributed by atoms with E-state index < -0.39 is 0 Å². The average Bonchev–Trinajstić information content (AvgIpc) is 2.56. The number of carbonyl (C=O) groups is 1. The Morgan fingerprint density at radius 1 is 1.05 bits per heavy atom. The summed E-state index contributed by atoms with van der Waals surface area (Å²) in [5.74, 6) is 1.77. The molecular formula is C16H24N4O. The van der Waals surface area contributed by atoms with Crippen molar-refractivity contribution >= 4 is 11.8 Å². The Hall–Kier alpha value is -1.78. The summed E-state index contributed by atoms with van der Waals surface area (Å²) in [6.07, 6.45) is 4.10. The van der Waals surface area contributed by atoms with Gasteiger partial charge in [-0.3, -0.25) is 0 Å². The molecule has 5 nitrogen and oxygen atoms in total. The first-order chi connectivity index (χ1) is 10.2. The average molecular weight is 288 g/mol. The smallest absolute Gasteiger partial charge is 0.320 e. The topological polar surface area (TPSA) is 39.7 Å². The zero-order valence-electron chi connectivity index (χ0n) is 12.7. The molecule has 2 saturated heterocycles. The van der Waals surface area contributed by atoms with E-state index in [9.17, 15) is 4.79 Å². The number of hydrogen-bond acceptors (Lipinski definition) is 3. The molecule has 2 amide bonds. The van der Waals surface area contributed by atoms with Gasteiger partial charge in [-0.1, -0.05) is 13.0 Å². The van der Waals surface area contributed by atoms with Crippen LogP contribution in [0.15, 0.2) is 24.4 Å². The third-order valence-electron chi connectivity index (χ3n) is 4.58. The van der Waals surface area contributed by atoms with Gasteiger partial charge in [-0.25, -0.2) is 9.78 Å². The lowest BCUT2D eigenvalue weighted by Gasteiger charge is -2.39. The van der Waals surface area contributed by atoms with Crippen molar-refractivity contribution in [3.05, 3.63) is 24.4 Å². The molecular weight excluding hydrogens is 264 g/mol. The Morgan fingerprint density at radius 2 is 1.71 bits per heavy atom. The van der Waals surface area contributed by atoms with Crippen LogP contribution < -0.4 is 4.90 Å². The number of anilines is 1. The lowest BCUT2D eigenvalue weighted by atomic mass is 9.99. The van der Waals surface area contributed by atoms with Crippen molar-refractivity contribution < 1.29 is 4.79 Å². The van der Waals surface area contributed by atoms with E-state index in [0.29, 0.717) is 0 Å². The normalized spacial score (nSPS) is 20.7. The zero-order chi connectivity index (χ0) is 14.7. The van der Waals surface area contributed by atoms with Crippen molar-refractivity contribution in [3.63, 3.8) is 0 Å². The molecule has 0 aromatic carbocycles. The number of likely N-dealkylation sites (tertiary alicyclic amines) is 1. The molecule has 2 aliphatic rings. The second kappa shape index (κ2) is 6.33. The molecule has 0 radical (unpaired) electrons. The van der Waals surface area contributed by atoms with Crippen molar-refractivity contribution in [2.75, 3.05) is 44.2 Å². The fraction of sp³-hybridized carbons (Fsp3) is 0.625. The Morgan fingerprint density at radius 3 is 2.33 bits per heavy atom. The minimum Gasteiger partial charge on any atom is -0.353 e. The van der Waals surface area contributed by atoms with Crippen LogP contribution in [-0.2, 0) is 0 Å². The summed E-state index contributed by atoms with van der Waals surface area (Å²) in [5, 5.41) is 0. The number of rotatable bonds is 1. The van der Waals surface area contributed by atoms with E-state index >= 15 is 0 Å². The van der Waals surface area contributed by atoms with Gasteiger partial charge < -0.3 is 14.7 Å². The first-order valence-corrected chi connectivity index (χ1v) is 7.94. The quantitative estimate of drug-likeness (QED) is 0.794. The summed E-state index contributed by atoms with van der Waals surface area (Å²) < 4.78 is 0. The van der Waals surface area contributed by atoms with Gasteiger partial charge in [-0.05, 0) is 30.9 Å². The Balaban J connectivity index is 1.52. The van der Waals surface area contributed by atoms with E-state index in [1.807, 2.05) is 34.2 Å². The maximum atomic E-state index is 12.5. The monoisotopic (exact) mass is 288 g/mol. The number of urea groups is 1. The second-order valence-corrected chi connectivity index (χ2v) is 6.11. The SMILES string of the molecule is CC1CCN(C(=O)N2CCN(c3ccccn3)CC2)CC1. The fourth-order valence-corrected chi connectivity index (χ4v) is 3.07. The zero-order valence-corrected chi connectivity index (χ0v) is 12.7. The van der Waals surface area contributed by atoms with Crippen LogP contribution in [0.4, 0.5) is 10.6 Å². The van der Waals surface area contributed by atoms with Crippen LogP contribution >= 0.6 is 0 Å². The van der Waals surface area contributed by atoms with Gasteiger partial charge in [0.2, 0.25) is 0 Å². The molecule has 0 unspecified atom stereocenters. The van der Waals surface area contributed by atoms with Crippen LogP contribution in [-0.4, -0.2) is 60.1 Å². The summed E-state index contributed by atoms with van der Waals surface area (Å²) in [6.45, 7) is 7.43. The van der Waals surface area contributed by atoms with Crippen LogP contribution in [0.25, 0.3) is 0 Å². The molecule has 1 aromatic rings. The van der Waals surface area contributed by atoms with E-state index in [2.05, 4.69) is 16.8 Å². The van der Waals surface area contributed by atoms with Crippen LogP contribution in [0, 0.1) is 5.92 Å². The van der Waals surface area contributed by atoms with Crippen LogP contribution in [0.2, 0.25) is 0 Å². The molecule has 0 atom stereocenters. The molecule has 0 aliphatic carbocycles. The largest absolute Gasteiger partial charge is 0.353 e. The van der Waals surface area contributed by atoms with Gasteiger partial charge >= 0.3 is 6.03 Å². The van der Waals surface area contributed by atoms with E-state index in [4.69, 9.17) is 0 Å². The fourth-order valence-electron chi connectivity index (χ4n) is 3.07. The number of aromatic nitrogens is 1. The first-order valence-electron chi connectivity index (χ1n) is 7.94. The number of hydrogen-bond donors (Lipinski definition) is 0. The van der Waals surface area contributed by atoms with Crippen LogP contribution in [0.1, 0.15) is 19.8 Å². The van der Waals surface area contributed by atoms with Gasteiger partial charge in [0.25, 0.3) is 0 Å². The predicted octanol–water partition coefficient (Wildman–Crippen LogP) is 2.06. The summed E-state index contributed by atoms with van der Waals surface area (Å²) in [6, 6.07) is 6.20. The van der Waals surface area contributed by atoms with Crippen molar-refractivity contribution in [2.24, 2.45) is 5.92 Å². The number of carbonyl (C=O) groups excluding carboxylic acids is 1. The van der Waals surface area contributed by atoms with E-state index in [-0.39, 0.29) is 6.03 Å². The first kappa shape index (κ1) is 14.2. The van der Waals surface area contributed by atoms with E-state index in [1.54, 1.807) is 0 Å². The minimum absolute atomic E-state index is 0.225. The predicted molar refractivity (Wildman–Crippen MR) is 83.4 cm³/mol. The van der Waals surface area contributed by atoms with Gasteiger partial charge in [-0.2, -0.15) is 0 Å². The van der Waals surface area contributed by atoms with Crippen molar-refractivity contribution in [1.82, 2.24) is 14.8 Å². The Kier molecular flexibility index (Phi) is 4.27. The summed E-state index contributed by atoms with van der Waals surface area (Å²) in [5.41, 5.74) is 0. The molecule has 0 spiro atoms. The maximum absolute atomic E-state index is 12.5. The molecule has 3 rings (SSSR count). The Labute approximate surface area is 126 Å². The third kappa shape index (κ3) is 3.28. The van der Waals surface area contributed by atoms with Gasteiger partial charge in [0.1, 0.15) is 5.82 Å². The van der Waals surface area contributed by atoms with Gasteiger partial charge in [0.15, 0.2) is 0 Å². The van der Waals surface area contributed by atoms with Crippen molar-refractivity contribution in [3.8, 4) is 0 Å². The lowest BCUT2D eigenvalue weighted by Crippen LogP contribution is -2.54. The van der Waals surface area contributed by atoms with Gasteiger partial charge in [0.05, 0.1) is 0 Å². The molecule has 2 aliphatic heterocycles. The molecule has 114 valence electrons. The number of piperidine rings is 1. The van der Waals surface area contributed by atoms with Gasteiger partial charge in [-0.15, -0.1) is 0 Å². The standard InChI is InChI=1S/C16H24N4O/c1-14-5-8-19(9-6-14)16(21)20-12-10-18(11-13-20)15-4-2-3-7-17-15/h2-4,7,14H,5-6,8-13H2,1H3. The minimum atomic E-state index is 0.225. The highest BCUT2D eigenvalue weighted by atomic mass is 16.2. The maximum Gasteiger partial charge on any atom is 0.320 e. The number of piperazine rings is 1. The number of nitrogens with zero attached hydrogens (tertiary/aromatic N) is 4. The Bertz CT molecular complexity index is 462. The summed E-state index contributed by atoms with van der Waals surface area (Å²) in [7, 11) is 0.